The van der Waals surface area contributed by atoms with Crippen LogP contribution in [0.3, 0.4) is 0 Å². The molecular weight excluding hydrogens is 520 g/mol. The Kier molecular flexibility index (Phi) is 9.68. The van der Waals surface area contributed by atoms with Gasteiger partial charge in [0.15, 0.2) is 11.5 Å². The van der Waals surface area contributed by atoms with Gasteiger partial charge in [-0.3, -0.25) is 9.59 Å². The van der Waals surface area contributed by atoms with E-state index in [1.165, 1.54) is 11.0 Å². The van der Waals surface area contributed by atoms with Crippen molar-refractivity contribution in [1.29, 1.82) is 0 Å². The topological polar surface area (TPSA) is 99.5 Å². The number of nitrogens with zero attached hydrogens (tertiary/aromatic N) is 2. The van der Waals surface area contributed by atoms with Crippen molar-refractivity contribution in [3.8, 4) is 17.2 Å². The highest BCUT2D eigenvalue weighted by Crippen LogP contribution is 2.42. The number of likely N-dealkylation sites (N-methyl/N-ethyl adjacent to an activating group) is 1. The Bertz CT molecular complexity index is 1410. The lowest BCUT2D eigenvalue weighted by Crippen LogP contribution is -2.38. The smallest absolute Gasteiger partial charge is 0.295 e. The van der Waals surface area contributed by atoms with Crippen molar-refractivity contribution < 1.29 is 29.3 Å². The van der Waals surface area contributed by atoms with E-state index in [4.69, 9.17) is 9.47 Å². The summed E-state index contributed by atoms with van der Waals surface area (Å²) >= 11 is 0. The fourth-order valence-corrected chi connectivity index (χ4v) is 5.10. The van der Waals surface area contributed by atoms with E-state index in [2.05, 4.69) is 4.90 Å². The molecular formula is C33H38N2O6. The highest BCUT2D eigenvalue weighted by Gasteiger charge is 2.46. The lowest BCUT2D eigenvalue weighted by Gasteiger charge is -2.28. The number of hydrogen-bond donors (Lipinski definition) is 2. The van der Waals surface area contributed by atoms with Crippen LogP contribution in [0.1, 0.15) is 49.1 Å². The van der Waals surface area contributed by atoms with Crippen LogP contribution in [0.4, 0.5) is 0 Å². The molecule has 0 unspecified atom stereocenters. The minimum atomic E-state index is -0.848. The Balaban J connectivity index is 1.73. The molecule has 1 amide bonds. The number of hydrogen-bond acceptors (Lipinski definition) is 7. The van der Waals surface area contributed by atoms with E-state index >= 15 is 0 Å². The number of benzene rings is 3. The first kappa shape index (κ1) is 29.7. The number of rotatable bonds is 12. The van der Waals surface area contributed by atoms with Gasteiger partial charge in [0.05, 0.1) is 18.2 Å². The number of Topliss-reactive ketones (excluding diaryl/α,β-unsaturated/α-hetero) is 1. The third-order valence-corrected chi connectivity index (χ3v) is 7.39. The first-order valence-electron chi connectivity index (χ1n) is 14.0. The van der Waals surface area contributed by atoms with Gasteiger partial charge in [0, 0.05) is 18.7 Å². The van der Waals surface area contributed by atoms with Gasteiger partial charge in [-0.2, -0.15) is 0 Å². The van der Waals surface area contributed by atoms with Crippen LogP contribution in [0.15, 0.2) is 72.3 Å². The molecule has 216 valence electrons. The maximum Gasteiger partial charge on any atom is 0.295 e. The molecule has 1 saturated heterocycles. The van der Waals surface area contributed by atoms with E-state index in [0.717, 1.165) is 18.7 Å². The number of aryl methyl sites for hydroxylation is 1. The summed E-state index contributed by atoms with van der Waals surface area (Å²) in [7, 11) is 0. The average Bonchev–Trinajstić information content (AvgIpc) is 3.23. The van der Waals surface area contributed by atoms with Crippen LogP contribution in [-0.4, -0.2) is 64.5 Å². The van der Waals surface area contributed by atoms with E-state index in [1.54, 1.807) is 37.3 Å². The van der Waals surface area contributed by atoms with E-state index < -0.39 is 17.7 Å². The van der Waals surface area contributed by atoms with Gasteiger partial charge >= 0.3 is 0 Å². The summed E-state index contributed by atoms with van der Waals surface area (Å²) in [5.41, 5.74) is 2.73. The molecule has 1 aliphatic heterocycles. The Morgan fingerprint density at radius 3 is 2.34 bits per heavy atom. The van der Waals surface area contributed by atoms with Gasteiger partial charge in [-0.25, -0.2) is 0 Å². The van der Waals surface area contributed by atoms with Crippen LogP contribution in [0, 0.1) is 6.92 Å². The van der Waals surface area contributed by atoms with Crippen LogP contribution >= 0.6 is 0 Å². The zero-order valence-corrected chi connectivity index (χ0v) is 24.1. The molecule has 1 fully saturated rings. The highest BCUT2D eigenvalue weighted by atomic mass is 16.5. The van der Waals surface area contributed by atoms with Crippen molar-refractivity contribution in [2.75, 3.05) is 32.8 Å². The number of likely N-dealkylation sites (tertiary alicyclic amines) is 1. The molecule has 0 radical (unpaired) electrons. The summed E-state index contributed by atoms with van der Waals surface area (Å²) in [5, 5.41) is 21.9. The Morgan fingerprint density at radius 2 is 1.68 bits per heavy atom. The summed E-state index contributed by atoms with van der Waals surface area (Å²) in [4.78, 5) is 30.5. The molecule has 1 atom stereocenters. The first-order chi connectivity index (χ1) is 19.8. The van der Waals surface area contributed by atoms with Gasteiger partial charge in [-0.1, -0.05) is 50.2 Å². The second-order valence-corrected chi connectivity index (χ2v) is 9.93. The third-order valence-electron chi connectivity index (χ3n) is 7.39. The van der Waals surface area contributed by atoms with Crippen molar-refractivity contribution in [3.63, 3.8) is 0 Å². The number of amides is 1. The number of aliphatic hydroxyl groups is 1. The monoisotopic (exact) mass is 558 g/mol. The summed E-state index contributed by atoms with van der Waals surface area (Å²) < 4.78 is 11.5. The fraction of sp³-hybridized carbons (Fsp3) is 0.333. The maximum atomic E-state index is 13.5. The van der Waals surface area contributed by atoms with Crippen molar-refractivity contribution in [3.05, 3.63) is 94.6 Å². The van der Waals surface area contributed by atoms with Gasteiger partial charge in [-0.15, -0.1) is 0 Å². The first-order valence-corrected chi connectivity index (χ1v) is 14.0. The number of aliphatic hydroxyl groups excluding tert-OH is 1. The largest absolute Gasteiger partial charge is 0.507 e. The third kappa shape index (κ3) is 6.55. The van der Waals surface area contributed by atoms with Crippen molar-refractivity contribution in [2.45, 2.75) is 40.3 Å². The summed E-state index contributed by atoms with van der Waals surface area (Å²) in [6.45, 7) is 10.9. The second-order valence-electron chi connectivity index (χ2n) is 9.93. The van der Waals surface area contributed by atoms with Crippen LogP contribution in [-0.2, 0) is 16.2 Å². The lowest BCUT2D eigenvalue weighted by atomic mass is 9.93. The number of carbonyl (C=O) groups is 2. The average molecular weight is 559 g/mol. The SMILES string of the molecule is CCOc1cc([C@@H]2C(=C(O)c3ccc(OCc4ccccc4)cc3C)C(=O)C(=O)N2CCN(CC)CC)ccc1O. The van der Waals surface area contributed by atoms with Crippen LogP contribution in [0.2, 0.25) is 0 Å². The summed E-state index contributed by atoms with van der Waals surface area (Å²) in [6.07, 6.45) is 0. The molecule has 1 heterocycles. The zero-order valence-electron chi connectivity index (χ0n) is 24.1. The summed E-state index contributed by atoms with van der Waals surface area (Å²) in [6, 6.07) is 19.0. The van der Waals surface area contributed by atoms with Gasteiger partial charge in [0.2, 0.25) is 0 Å². The van der Waals surface area contributed by atoms with Crippen LogP contribution in [0.5, 0.6) is 17.2 Å². The molecule has 0 aliphatic carbocycles. The molecule has 8 nitrogen and oxygen atoms in total. The van der Waals surface area contributed by atoms with Crippen molar-refractivity contribution >= 4 is 17.4 Å². The molecule has 0 saturated carbocycles. The molecule has 0 bridgehead atoms. The minimum Gasteiger partial charge on any atom is -0.507 e. The van der Waals surface area contributed by atoms with Gasteiger partial charge < -0.3 is 29.5 Å². The molecule has 4 rings (SSSR count). The number of ketones is 1. The fourth-order valence-electron chi connectivity index (χ4n) is 5.10. The molecule has 0 spiro atoms. The number of phenolic OH excluding ortho intramolecular Hbond substituents is 1. The maximum absolute atomic E-state index is 13.5. The number of aromatic hydroxyl groups is 1. The van der Waals surface area contributed by atoms with Gasteiger partial charge in [0.1, 0.15) is 18.1 Å². The molecule has 41 heavy (non-hydrogen) atoms. The van der Waals surface area contributed by atoms with E-state index in [9.17, 15) is 19.8 Å². The summed E-state index contributed by atoms with van der Waals surface area (Å²) in [5.74, 6) is -0.846. The van der Waals surface area contributed by atoms with Crippen molar-refractivity contribution in [2.24, 2.45) is 0 Å². The molecule has 0 aromatic heterocycles. The molecule has 2 N–H and O–H groups in total. The zero-order chi connectivity index (χ0) is 29.5. The standard InChI is InChI=1S/C33H38N2O6/c1-5-34(6-2)17-18-35-30(24-13-16-27(36)28(20-24)40-7-3)29(32(38)33(35)39)31(37)26-15-14-25(19-22(26)4)41-21-23-11-9-8-10-12-23/h8-16,19-20,30,36-37H,5-7,17-18,21H2,1-4H3/t30-/m1/s1. The number of phenols is 1. The van der Waals surface area contributed by atoms with E-state index in [-0.39, 0.29) is 22.8 Å². The Hall–Kier alpha value is -4.30. The Labute approximate surface area is 241 Å². The van der Waals surface area contributed by atoms with E-state index in [0.29, 0.717) is 48.7 Å². The lowest BCUT2D eigenvalue weighted by molar-refractivity contribution is -0.140. The molecule has 3 aromatic carbocycles. The normalized spacial score (nSPS) is 16.4. The minimum absolute atomic E-state index is 0.00346. The second kappa shape index (κ2) is 13.4. The van der Waals surface area contributed by atoms with Crippen molar-refractivity contribution in [1.82, 2.24) is 9.80 Å². The highest BCUT2D eigenvalue weighted by molar-refractivity contribution is 6.46. The predicted octanol–water partition coefficient (Wildman–Crippen LogP) is 5.44. The number of ether oxygens (including phenoxy) is 2. The molecule has 8 heteroatoms. The van der Waals surface area contributed by atoms with Crippen LogP contribution in [0.25, 0.3) is 5.76 Å². The number of carbonyl (C=O) groups excluding carboxylic acids is 2. The van der Waals surface area contributed by atoms with Crippen LogP contribution < -0.4 is 9.47 Å². The quantitative estimate of drug-likeness (QED) is 0.173. The van der Waals surface area contributed by atoms with E-state index in [1.807, 2.05) is 51.1 Å². The Morgan fingerprint density at radius 1 is 0.951 bits per heavy atom. The van der Waals surface area contributed by atoms with Gasteiger partial charge in [-0.05, 0) is 74.0 Å². The molecule has 3 aromatic rings. The van der Waals surface area contributed by atoms with Gasteiger partial charge in [0.25, 0.3) is 11.7 Å². The predicted molar refractivity (Wildman–Crippen MR) is 158 cm³/mol. The molecule has 1 aliphatic rings.